The predicted octanol–water partition coefficient (Wildman–Crippen LogP) is 3.80. The summed E-state index contributed by atoms with van der Waals surface area (Å²) < 4.78 is 15.2. The highest BCUT2D eigenvalue weighted by Gasteiger charge is 2.03. The molecule has 0 aliphatic rings. The van der Waals surface area contributed by atoms with Gasteiger partial charge in [-0.3, -0.25) is 0 Å². The average molecular weight is 427 g/mol. The second-order valence-electron chi connectivity index (χ2n) is 1.68. The van der Waals surface area contributed by atoms with Gasteiger partial charge in [0.1, 0.15) is 5.82 Å². The van der Waals surface area contributed by atoms with Gasteiger partial charge in [0.25, 0.3) is 0 Å². The molecular weight excluding hydrogens is 425 g/mol. The third-order valence-corrected chi connectivity index (χ3v) is 3.97. The van der Waals surface area contributed by atoms with Crippen molar-refractivity contribution < 1.29 is 4.39 Å². The van der Waals surface area contributed by atoms with Crippen molar-refractivity contribution in [1.29, 1.82) is 0 Å². The van der Waals surface area contributed by atoms with Crippen LogP contribution in [0.25, 0.3) is 0 Å². The fraction of sp³-hybridized carbons (Fsp3) is 0. The van der Waals surface area contributed by atoms with Gasteiger partial charge in [-0.25, -0.2) is 4.39 Å². The summed E-state index contributed by atoms with van der Waals surface area (Å²) in [5, 5.41) is 0. The lowest BCUT2D eigenvalue weighted by Gasteiger charge is -1.97. The first kappa shape index (κ1) is 9.18. The lowest BCUT2D eigenvalue weighted by molar-refractivity contribution is 0.619. The molecule has 0 atom stereocenters. The second kappa shape index (κ2) is 3.66. The molecular formula is C6H2BrFI2. The maximum atomic E-state index is 12.8. The Bertz CT molecular complexity index is 239. The first-order chi connectivity index (χ1) is 4.61. The van der Waals surface area contributed by atoms with E-state index in [0.29, 0.717) is 4.47 Å². The van der Waals surface area contributed by atoms with E-state index in [0.717, 1.165) is 7.14 Å². The minimum absolute atomic E-state index is 0.198. The van der Waals surface area contributed by atoms with Crippen molar-refractivity contribution in [2.75, 3.05) is 0 Å². The van der Waals surface area contributed by atoms with Crippen LogP contribution in [0, 0.1) is 13.0 Å². The third kappa shape index (κ3) is 2.04. The average Bonchev–Trinajstić information content (AvgIpc) is 1.82. The van der Waals surface area contributed by atoms with Crippen LogP contribution in [0.15, 0.2) is 16.6 Å². The van der Waals surface area contributed by atoms with E-state index in [1.165, 1.54) is 6.07 Å². The Morgan fingerprint density at radius 1 is 1.30 bits per heavy atom. The summed E-state index contributed by atoms with van der Waals surface area (Å²) in [4.78, 5) is 0. The van der Waals surface area contributed by atoms with Crippen LogP contribution in [0.5, 0.6) is 0 Å². The quantitative estimate of drug-likeness (QED) is 0.336. The van der Waals surface area contributed by atoms with Crippen molar-refractivity contribution in [2.45, 2.75) is 0 Å². The number of benzene rings is 1. The van der Waals surface area contributed by atoms with Crippen LogP contribution < -0.4 is 0 Å². The predicted molar refractivity (Wildman–Crippen MR) is 59.5 cm³/mol. The summed E-state index contributed by atoms with van der Waals surface area (Å²) in [6.45, 7) is 0. The first-order valence-electron chi connectivity index (χ1n) is 2.41. The van der Waals surface area contributed by atoms with Crippen LogP contribution in [-0.4, -0.2) is 0 Å². The molecule has 1 rings (SSSR count). The zero-order chi connectivity index (χ0) is 7.72. The molecule has 0 aromatic heterocycles. The highest BCUT2D eigenvalue weighted by atomic mass is 127. The normalized spacial score (nSPS) is 10.0. The number of halogens is 4. The van der Waals surface area contributed by atoms with Gasteiger partial charge in [0.15, 0.2) is 0 Å². The Morgan fingerprint density at radius 2 is 1.90 bits per heavy atom. The lowest BCUT2D eigenvalue weighted by Crippen LogP contribution is -1.83. The molecule has 0 fully saturated rings. The zero-order valence-electron chi connectivity index (χ0n) is 4.67. The molecule has 0 N–H and O–H groups in total. The molecule has 0 aliphatic carbocycles. The Hall–Kier alpha value is 1.09. The molecule has 0 spiro atoms. The molecule has 54 valence electrons. The minimum Gasteiger partial charge on any atom is -0.206 e. The second-order valence-corrected chi connectivity index (χ2v) is 4.88. The van der Waals surface area contributed by atoms with E-state index in [4.69, 9.17) is 0 Å². The van der Waals surface area contributed by atoms with Gasteiger partial charge in [-0.2, -0.15) is 0 Å². The summed E-state index contributed by atoms with van der Waals surface area (Å²) in [6, 6.07) is 3.40. The summed E-state index contributed by atoms with van der Waals surface area (Å²) in [5.41, 5.74) is 0. The number of rotatable bonds is 0. The molecule has 0 bridgehead atoms. The van der Waals surface area contributed by atoms with Crippen molar-refractivity contribution in [3.05, 3.63) is 29.6 Å². The van der Waals surface area contributed by atoms with Gasteiger partial charge in [0.05, 0.1) is 4.47 Å². The molecule has 0 unspecified atom stereocenters. The largest absolute Gasteiger partial charge is 0.206 e. The standard InChI is InChI=1S/C6H2BrFI2/c7-6-4(8)1-3(9)2-5(6)10/h1-2H. The fourth-order valence-electron chi connectivity index (χ4n) is 0.525. The third-order valence-electron chi connectivity index (χ3n) is 0.949. The van der Waals surface area contributed by atoms with Crippen LogP contribution in [0.2, 0.25) is 0 Å². The SMILES string of the molecule is Fc1cc(I)cc(I)c1Br. The molecule has 1 aromatic carbocycles. The molecule has 0 amide bonds. The summed E-state index contributed by atoms with van der Waals surface area (Å²) in [6.07, 6.45) is 0. The number of hydrogen-bond donors (Lipinski definition) is 0. The van der Waals surface area contributed by atoms with Crippen LogP contribution in [0.3, 0.4) is 0 Å². The van der Waals surface area contributed by atoms with E-state index in [2.05, 4.69) is 61.1 Å². The molecule has 0 saturated carbocycles. The highest BCUT2D eigenvalue weighted by Crippen LogP contribution is 2.24. The van der Waals surface area contributed by atoms with E-state index >= 15 is 0 Å². The maximum Gasteiger partial charge on any atom is 0.139 e. The Balaban J connectivity index is 3.31. The maximum absolute atomic E-state index is 12.8. The number of hydrogen-bond acceptors (Lipinski definition) is 0. The van der Waals surface area contributed by atoms with Crippen LogP contribution >= 0.6 is 61.1 Å². The van der Waals surface area contributed by atoms with Crippen LogP contribution in [-0.2, 0) is 0 Å². The molecule has 0 nitrogen and oxygen atoms in total. The van der Waals surface area contributed by atoms with E-state index in [-0.39, 0.29) is 5.82 Å². The first-order valence-corrected chi connectivity index (χ1v) is 5.36. The summed E-state index contributed by atoms with van der Waals surface area (Å²) in [5.74, 6) is -0.198. The van der Waals surface area contributed by atoms with Gasteiger partial charge in [0, 0.05) is 7.14 Å². The van der Waals surface area contributed by atoms with E-state index in [9.17, 15) is 4.39 Å². The van der Waals surface area contributed by atoms with Crippen molar-refractivity contribution in [3.8, 4) is 0 Å². The molecule has 0 saturated heterocycles. The van der Waals surface area contributed by atoms with Gasteiger partial charge in [-0.05, 0) is 73.2 Å². The fourth-order valence-corrected chi connectivity index (χ4v) is 2.53. The van der Waals surface area contributed by atoms with Crippen molar-refractivity contribution in [3.63, 3.8) is 0 Å². The van der Waals surface area contributed by atoms with E-state index < -0.39 is 0 Å². The van der Waals surface area contributed by atoms with Gasteiger partial charge in [-0.15, -0.1) is 0 Å². The summed E-state index contributed by atoms with van der Waals surface area (Å²) >= 11 is 7.29. The van der Waals surface area contributed by atoms with E-state index in [1.54, 1.807) is 0 Å². The molecule has 4 heteroatoms. The van der Waals surface area contributed by atoms with Gasteiger partial charge in [0.2, 0.25) is 0 Å². The highest BCUT2D eigenvalue weighted by molar-refractivity contribution is 14.1. The van der Waals surface area contributed by atoms with Crippen molar-refractivity contribution in [2.24, 2.45) is 0 Å². The lowest BCUT2D eigenvalue weighted by atomic mass is 10.4. The van der Waals surface area contributed by atoms with Gasteiger partial charge >= 0.3 is 0 Å². The van der Waals surface area contributed by atoms with Gasteiger partial charge in [-0.1, -0.05) is 0 Å². The zero-order valence-corrected chi connectivity index (χ0v) is 10.6. The van der Waals surface area contributed by atoms with Crippen molar-refractivity contribution >= 4 is 61.1 Å². The smallest absolute Gasteiger partial charge is 0.139 e. The molecule has 0 heterocycles. The molecule has 10 heavy (non-hydrogen) atoms. The van der Waals surface area contributed by atoms with Gasteiger partial charge < -0.3 is 0 Å². The molecule has 0 radical (unpaired) electrons. The summed E-state index contributed by atoms with van der Waals surface area (Å²) in [7, 11) is 0. The minimum atomic E-state index is -0.198. The van der Waals surface area contributed by atoms with Crippen LogP contribution in [0.4, 0.5) is 4.39 Å². The topological polar surface area (TPSA) is 0 Å². The van der Waals surface area contributed by atoms with Crippen molar-refractivity contribution in [1.82, 2.24) is 0 Å². The Labute approximate surface area is 94.0 Å². The van der Waals surface area contributed by atoms with Crippen LogP contribution in [0.1, 0.15) is 0 Å². The van der Waals surface area contributed by atoms with E-state index in [1.807, 2.05) is 6.07 Å². The Morgan fingerprint density at radius 3 is 2.40 bits per heavy atom. The molecule has 0 aliphatic heterocycles. The molecule has 1 aromatic rings. The Kier molecular flexibility index (Phi) is 3.36. The monoisotopic (exact) mass is 426 g/mol.